The second-order valence-corrected chi connectivity index (χ2v) is 5.39. The van der Waals surface area contributed by atoms with Gasteiger partial charge < -0.3 is 5.11 Å². The molecule has 0 aliphatic heterocycles. The third kappa shape index (κ3) is 3.32. The molecule has 3 aromatic rings. The third-order valence-corrected chi connectivity index (χ3v) is 3.49. The molecule has 1 aromatic carbocycles. The van der Waals surface area contributed by atoms with E-state index in [0.717, 1.165) is 15.6 Å². The SMILES string of the molecule is OC(Cn1nnc(-c2cccnc2)n1)c1ccc(Br)cc1. The molecule has 0 aliphatic rings. The largest absolute Gasteiger partial charge is 0.386 e. The highest BCUT2D eigenvalue weighted by Crippen LogP contribution is 2.18. The fourth-order valence-electron chi connectivity index (χ4n) is 1.88. The minimum absolute atomic E-state index is 0.245. The Kier molecular flexibility index (Phi) is 4.03. The lowest BCUT2D eigenvalue weighted by Crippen LogP contribution is -2.11. The van der Waals surface area contributed by atoms with Crippen molar-refractivity contribution in [3.05, 3.63) is 58.8 Å². The first-order valence-electron chi connectivity index (χ1n) is 6.34. The van der Waals surface area contributed by atoms with Crippen molar-refractivity contribution in [1.82, 2.24) is 25.2 Å². The highest BCUT2D eigenvalue weighted by atomic mass is 79.9. The summed E-state index contributed by atoms with van der Waals surface area (Å²) in [6.45, 7) is 0.245. The van der Waals surface area contributed by atoms with Crippen LogP contribution in [-0.4, -0.2) is 30.3 Å². The Hall–Kier alpha value is -2.12. The quantitative estimate of drug-likeness (QED) is 0.784. The van der Waals surface area contributed by atoms with Crippen molar-refractivity contribution in [1.29, 1.82) is 0 Å². The van der Waals surface area contributed by atoms with E-state index in [0.29, 0.717) is 5.82 Å². The van der Waals surface area contributed by atoms with Crippen molar-refractivity contribution in [2.24, 2.45) is 0 Å². The molecular formula is C14H12BrN5O. The Bertz CT molecular complexity index is 714. The average Bonchev–Trinajstić information content (AvgIpc) is 2.97. The molecule has 0 spiro atoms. The summed E-state index contributed by atoms with van der Waals surface area (Å²) in [6.07, 6.45) is 2.67. The molecule has 0 amide bonds. The Morgan fingerprint density at radius 2 is 2.00 bits per heavy atom. The van der Waals surface area contributed by atoms with E-state index >= 15 is 0 Å². The first-order valence-corrected chi connectivity index (χ1v) is 7.13. The fourth-order valence-corrected chi connectivity index (χ4v) is 2.14. The fraction of sp³-hybridized carbons (Fsp3) is 0.143. The number of pyridine rings is 1. The minimum atomic E-state index is -0.686. The molecule has 7 heteroatoms. The topological polar surface area (TPSA) is 76.7 Å². The summed E-state index contributed by atoms with van der Waals surface area (Å²) < 4.78 is 0.969. The normalized spacial score (nSPS) is 12.3. The predicted octanol–water partition coefficient (Wildman–Crippen LogP) is 2.23. The van der Waals surface area contributed by atoms with Crippen molar-refractivity contribution >= 4 is 15.9 Å². The summed E-state index contributed by atoms with van der Waals surface area (Å²) in [7, 11) is 0. The minimum Gasteiger partial charge on any atom is -0.386 e. The average molecular weight is 346 g/mol. The van der Waals surface area contributed by atoms with E-state index in [9.17, 15) is 5.11 Å². The van der Waals surface area contributed by atoms with Gasteiger partial charge in [-0.3, -0.25) is 4.98 Å². The zero-order valence-electron chi connectivity index (χ0n) is 11.0. The maximum Gasteiger partial charge on any atom is 0.206 e. The Morgan fingerprint density at radius 3 is 2.71 bits per heavy atom. The van der Waals surface area contributed by atoms with Gasteiger partial charge in [0.05, 0.1) is 6.54 Å². The molecule has 1 N–H and O–H groups in total. The molecule has 106 valence electrons. The van der Waals surface area contributed by atoms with Crippen LogP contribution in [0.4, 0.5) is 0 Å². The zero-order chi connectivity index (χ0) is 14.7. The molecule has 1 unspecified atom stereocenters. The lowest BCUT2D eigenvalue weighted by atomic mass is 10.1. The van der Waals surface area contributed by atoms with Crippen LogP contribution >= 0.6 is 15.9 Å². The van der Waals surface area contributed by atoms with E-state index in [2.05, 4.69) is 36.3 Å². The third-order valence-electron chi connectivity index (χ3n) is 2.96. The smallest absolute Gasteiger partial charge is 0.206 e. The number of tetrazole rings is 1. The van der Waals surface area contributed by atoms with Crippen LogP contribution in [0.25, 0.3) is 11.4 Å². The van der Waals surface area contributed by atoms with E-state index in [1.165, 1.54) is 4.80 Å². The van der Waals surface area contributed by atoms with Gasteiger partial charge in [-0.2, -0.15) is 4.80 Å². The molecule has 0 saturated heterocycles. The number of nitrogens with zero attached hydrogens (tertiary/aromatic N) is 5. The molecule has 2 heterocycles. The van der Waals surface area contributed by atoms with E-state index < -0.39 is 6.10 Å². The summed E-state index contributed by atoms with van der Waals surface area (Å²) in [6, 6.07) is 11.1. The first kappa shape index (κ1) is 13.8. The van der Waals surface area contributed by atoms with Crippen LogP contribution in [0, 0.1) is 0 Å². The van der Waals surface area contributed by atoms with E-state index in [-0.39, 0.29) is 6.54 Å². The molecular weight excluding hydrogens is 334 g/mol. The molecule has 0 saturated carbocycles. The number of hydrogen-bond donors (Lipinski definition) is 1. The zero-order valence-corrected chi connectivity index (χ0v) is 12.6. The molecule has 2 aromatic heterocycles. The standard InChI is InChI=1S/C14H12BrN5O/c15-12-5-3-10(4-6-12)13(21)9-20-18-14(17-19-20)11-2-1-7-16-8-11/h1-8,13,21H,9H2. The number of rotatable bonds is 4. The summed E-state index contributed by atoms with van der Waals surface area (Å²) >= 11 is 3.36. The number of benzene rings is 1. The van der Waals surface area contributed by atoms with Crippen LogP contribution in [-0.2, 0) is 6.54 Å². The van der Waals surface area contributed by atoms with E-state index in [1.54, 1.807) is 12.4 Å². The molecule has 6 nitrogen and oxygen atoms in total. The van der Waals surface area contributed by atoms with Crippen molar-refractivity contribution < 1.29 is 5.11 Å². The van der Waals surface area contributed by atoms with Crippen LogP contribution in [0.15, 0.2) is 53.3 Å². The van der Waals surface area contributed by atoms with Gasteiger partial charge in [0, 0.05) is 22.4 Å². The van der Waals surface area contributed by atoms with Crippen molar-refractivity contribution in [3.63, 3.8) is 0 Å². The molecule has 0 radical (unpaired) electrons. The summed E-state index contributed by atoms with van der Waals surface area (Å²) in [5.74, 6) is 0.492. The van der Waals surface area contributed by atoms with Crippen LogP contribution < -0.4 is 0 Å². The highest BCUT2D eigenvalue weighted by molar-refractivity contribution is 9.10. The summed E-state index contributed by atoms with van der Waals surface area (Å²) in [4.78, 5) is 5.40. The molecule has 3 rings (SSSR count). The maximum absolute atomic E-state index is 10.2. The Balaban J connectivity index is 1.74. The molecule has 0 aliphatic carbocycles. The molecule has 21 heavy (non-hydrogen) atoms. The number of halogens is 1. The monoisotopic (exact) mass is 345 g/mol. The van der Waals surface area contributed by atoms with Crippen molar-refractivity contribution in [2.75, 3.05) is 0 Å². The van der Waals surface area contributed by atoms with Gasteiger partial charge in [0.1, 0.15) is 6.10 Å². The Morgan fingerprint density at radius 1 is 1.19 bits per heavy atom. The van der Waals surface area contributed by atoms with Gasteiger partial charge in [-0.25, -0.2) is 0 Å². The lowest BCUT2D eigenvalue weighted by Gasteiger charge is -2.09. The van der Waals surface area contributed by atoms with Crippen molar-refractivity contribution in [3.8, 4) is 11.4 Å². The Labute approximate surface area is 129 Å². The molecule has 0 fully saturated rings. The first-order chi connectivity index (χ1) is 10.2. The van der Waals surface area contributed by atoms with Gasteiger partial charge in [-0.15, -0.1) is 10.2 Å². The van der Waals surface area contributed by atoms with Gasteiger partial charge in [0.2, 0.25) is 5.82 Å². The lowest BCUT2D eigenvalue weighted by molar-refractivity contribution is 0.144. The van der Waals surface area contributed by atoms with E-state index in [4.69, 9.17) is 0 Å². The predicted molar refractivity (Wildman–Crippen MR) is 80.1 cm³/mol. The summed E-state index contributed by atoms with van der Waals surface area (Å²) in [5.41, 5.74) is 1.60. The maximum atomic E-state index is 10.2. The second kappa shape index (κ2) is 6.11. The number of aliphatic hydroxyl groups is 1. The summed E-state index contributed by atoms with van der Waals surface area (Å²) in [5, 5.41) is 22.4. The van der Waals surface area contributed by atoms with Gasteiger partial charge in [-0.05, 0) is 35.0 Å². The van der Waals surface area contributed by atoms with Crippen LogP contribution in [0.5, 0.6) is 0 Å². The molecule has 1 atom stereocenters. The number of aromatic nitrogens is 5. The number of hydrogen-bond acceptors (Lipinski definition) is 5. The van der Waals surface area contributed by atoms with Gasteiger partial charge in [-0.1, -0.05) is 28.1 Å². The second-order valence-electron chi connectivity index (χ2n) is 4.48. The molecule has 0 bridgehead atoms. The van der Waals surface area contributed by atoms with Crippen molar-refractivity contribution in [2.45, 2.75) is 12.6 Å². The van der Waals surface area contributed by atoms with Gasteiger partial charge >= 0.3 is 0 Å². The van der Waals surface area contributed by atoms with Crippen LogP contribution in [0.1, 0.15) is 11.7 Å². The van der Waals surface area contributed by atoms with E-state index in [1.807, 2.05) is 36.4 Å². The highest BCUT2D eigenvalue weighted by Gasteiger charge is 2.12. The number of aliphatic hydroxyl groups excluding tert-OH is 1. The van der Waals surface area contributed by atoms with Gasteiger partial charge in [0.15, 0.2) is 0 Å². The van der Waals surface area contributed by atoms with Gasteiger partial charge in [0.25, 0.3) is 0 Å². The van der Waals surface area contributed by atoms with Crippen LogP contribution in [0.3, 0.4) is 0 Å². The van der Waals surface area contributed by atoms with Crippen LogP contribution in [0.2, 0.25) is 0 Å².